The van der Waals surface area contributed by atoms with Gasteiger partial charge in [0.1, 0.15) is 8.98 Å². The van der Waals surface area contributed by atoms with E-state index in [1.807, 2.05) is 18.2 Å². The van der Waals surface area contributed by atoms with E-state index in [1.165, 1.54) is 0 Å². The van der Waals surface area contributed by atoms with Crippen LogP contribution in [0.2, 0.25) is 0 Å². The van der Waals surface area contributed by atoms with Gasteiger partial charge in [-0.2, -0.15) is 0 Å². The fourth-order valence-corrected chi connectivity index (χ4v) is 3.96. The van der Waals surface area contributed by atoms with Gasteiger partial charge in [-0.25, -0.2) is 0 Å². The summed E-state index contributed by atoms with van der Waals surface area (Å²) in [5, 5.41) is 0. The zero-order valence-electron chi connectivity index (χ0n) is 10.0. The van der Waals surface area contributed by atoms with Gasteiger partial charge in [0.2, 0.25) is 5.79 Å². The Balaban J connectivity index is 2.48. The molecule has 3 nitrogen and oxygen atoms in total. The van der Waals surface area contributed by atoms with E-state index >= 15 is 0 Å². The Morgan fingerprint density at radius 3 is 2.44 bits per heavy atom. The molecule has 2 rings (SSSR count). The maximum atomic E-state index is 5.84. The van der Waals surface area contributed by atoms with Crippen molar-refractivity contribution in [2.24, 2.45) is 0 Å². The van der Waals surface area contributed by atoms with Crippen LogP contribution in [0.15, 0.2) is 22.7 Å². The Morgan fingerprint density at radius 2 is 2.00 bits per heavy atom. The minimum Gasteiger partial charge on any atom is -0.496 e. The van der Waals surface area contributed by atoms with Crippen LogP contribution < -0.4 is 4.74 Å². The predicted octanol–water partition coefficient (Wildman–Crippen LogP) is 4.16. The molecule has 1 aromatic carbocycles. The highest BCUT2D eigenvalue weighted by Gasteiger charge is 2.56. The van der Waals surface area contributed by atoms with Crippen LogP contribution in [-0.2, 0) is 15.3 Å². The van der Waals surface area contributed by atoms with Gasteiger partial charge in [0.15, 0.2) is 0 Å². The molecule has 1 fully saturated rings. The van der Waals surface area contributed by atoms with E-state index in [1.54, 1.807) is 14.2 Å². The van der Waals surface area contributed by atoms with Gasteiger partial charge in [0.25, 0.3) is 0 Å². The summed E-state index contributed by atoms with van der Waals surface area (Å²) >= 11 is 10.8. The molecule has 0 amide bonds. The van der Waals surface area contributed by atoms with E-state index in [-0.39, 0.29) is 0 Å². The molecular formula is C12H13Br3O3. The Hall–Kier alpha value is 0.380. The third-order valence-corrected chi connectivity index (χ3v) is 5.48. The van der Waals surface area contributed by atoms with Gasteiger partial charge in [0.05, 0.1) is 18.2 Å². The van der Waals surface area contributed by atoms with E-state index in [2.05, 4.69) is 47.8 Å². The number of benzene rings is 1. The molecule has 1 aromatic rings. The first-order valence-corrected chi connectivity index (χ1v) is 7.76. The number of halogens is 3. The molecule has 0 aliphatic carbocycles. The Bertz CT molecular complexity index is 450. The molecule has 1 aliphatic heterocycles. The van der Waals surface area contributed by atoms with E-state index in [0.717, 1.165) is 22.2 Å². The minimum atomic E-state index is -0.845. The van der Waals surface area contributed by atoms with Crippen LogP contribution in [0.4, 0.5) is 0 Å². The van der Waals surface area contributed by atoms with Gasteiger partial charge in [-0.3, -0.25) is 0 Å². The second-order valence-electron chi connectivity index (χ2n) is 3.97. The molecule has 18 heavy (non-hydrogen) atoms. The average Bonchev–Trinajstić information content (AvgIpc) is 2.65. The maximum Gasteiger partial charge on any atom is 0.220 e. The average molecular weight is 445 g/mol. The van der Waals surface area contributed by atoms with Crippen LogP contribution in [0.1, 0.15) is 12.0 Å². The summed E-state index contributed by atoms with van der Waals surface area (Å²) in [4.78, 5) is 0. The first-order valence-electron chi connectivity index (χ1n) is 5.38. The zero-order valence-corrected chi connectivity index (χ0v) is 14.8. The number of hydrogen-bond acceptors (Lipinski definition) is 3. The van der Waals surface area contributed by atoms with Gasteiger partial charge in [-0.15, -0.1) is 0 Å². The lowest BCUT2D eigenvalue weighted by Crippen LogP contribution is -2.41. The second-order valence-corrected chi connectivity index (χ2v) is 8.60. The summed E-state index contributed by atoms with van der Waals surface area (Å²) in [6, 6.07) is 5.78. The van der Waals surface area contributed by atoms with Gasteiger partial charge < -0.3 is 14.2 Å². The Morgan fingerprint density at radius 1 is 1.28 bits per heavy atom. The van der Waals surface area contributed by atoms with Crippen molar-refractivity contribution >= 4 is 47.8 Å². The van der Waals surface area contributed by atoms with Crippen LogP contribution in [-0.4, -0.2) is 24.1 Å². The van der Waals surface area contributed by atoms with Crippen LogP contribution >= 0.6 is 47.8 Å². The van der Waals surface area contributed by atoms with E-state index in [0.29, 0.717) is 6.61 Å². The standard InChI is InChI=1S/C12H13Br3O3/c1-16-10-4-3-8(7-9(10)13)12(17-2)11(14,15)5-6-18-12/h3-4,7H,5-6H2,1-2H3. The lowest BCUT2D eigenvalue weighted by Gasteiger charge is -2.36. The second kappa shape index (κ2) is 5.40. The minimum absolute atomic E-state index is 0.435. The molecule has 0 saturated carbocycles. The summed E-state index contributed by atoms with van der Waals surface area (Å²) < 4.78 is 17.2. The molecule has 1 atom stereocenters. The van der Waals surface area contributed by atoms with Crippen molar-refractivity contribution in [2.45, 2.75) is 15.4 Å². The third-order valence-electron chi connectivity index (χ3n) is 3.02. The number of hydrogen-bond donors (Lipinski definition) is 0. The highest BCUT2D eigenvalue weighted by atomic mass is 79.9. The van der Waals surface area contributed by atoms with Gasteiger partial charge in [-0.05, 0) is 34.1 Å². The van der Waals surface area contributed by atoms with Crippen LogP contribution in [0, 0.1) is 0 Å². The predicted molar refractivity (Wildman–Crippen MR) is 80.5 cm³/mol. The first kappa shape index (κ1) is 14.8. The molecule has 0 spiro atoms. The molecule has 1 aliphatic rings. The zero-order chi connectivity index (χ0) is 13.4. The quantitative estimate of drug-likeness (QED) is 0.655. The van der Waals surface area contributed by atoms with Crippen LogP contribution in [0.5, 0.6) is 5.75 Å². The highest BCUT2D eigenvalue weighted by Crippen LogP contribution is 2.54. The molecule has 0 N–H and O–H groups in total. The van der Waals surface area contributed by atoms with E-state index < -0.39 is 9.02 Å². The van der Waals surface area contributed by atoms with E-state index in [4.69, 9.17) is 14.2 Å². The van der Waals surface area contributed by atoms with Gasteiger partial charge in [-0.1, -0.05) is 31.9 Å². The molecule has 6 heteroatoms. The Labute approximate surface area is 132 Å². The molecular weight excluding hydrogens is 432 g/mol. The summed E-state index contributed by atoms with van der Waals surface area (Å²) in [7, 11) is 3.28. The van der Waals surface area contributed by atoms with Crippen molar-refractivity contribution in [2.75, 3.05) is 20.8 Å². The number of ether oxygens (including phenoxy) is 3. The highest BCUT2D eigenvalue weighted by molar-refractivity contribution is 9.25. The molecule has 100 valence electrons. The largest absolute Gasteiger partial charge is 0.496 e. The number of methoxy groups -OCH3 is 2. The summed E-state index contributed by atoms with van der Waals surface area (Å²) in [6.45, 7) is 0.619. The van der Waals surface area contributed by atoms with Gasteiger partial charge >= 0.3 is 0 Å². The number of alkyl halides is 2. The molecule has 0 aromatic heterocycles. The van der Waals surface area contributed by atoms with Crippen molar-refractivity contribution in [3.63, 3.8) is 0 Å². The maximum absolute atomic E-state index is 5.84. The smallest absolute Gasteiger partial charge is 0.220 e. The monoisotopic (exact) mass is 442 g/mol. The van der Waals surface area contributed by atoms with Crippen molar-refractivity contribution in [1.82, 2.24) is 0 Å². The molecule has 1 unspecified atom stereocenters. The summed E-state index contributed by atoms with van der Waals surface area (Å²) in [5.41, 5.74) is 0.920. The SMILES string of the molecule is COc1ccc(C2(OC)OCCC2(Br)Br)cc1Br. The summed E-state index contributed by atoms with van der Waals surface area (Å²) in [6.07, 6.45) is 0.810. The van der Waals surface area contributed by atoms with Crippen molar-refractivity contribution in [1.29, 1.82) is 0 Å². The number of rotatable bonds is 3. The van der Waals surface area contributed by atoms with Crippen molar-refractivity contribution in [3.8, 4) is 5.75 Å². The fraction of sp³-hybridized carbons (Fsp3) is 0.500. The van der Waals surface area contributed by atoms with Crippen LogP contribution in [0.25, 0.3) is 0 Å². The Kier molecular flexibility index (Phi) is 4.44. The van der Waals surface area contributed by atoms with Crippen LogP contribution in [0.3, 0.4) is 0 Å². The molecule has 1 saturated heterocycles. The van der Waals surface area contributed by atoms with E-state index in [9.17, 15) is 0 Å². The van der Waals surface area contributed by atoms with Crippen molar-refractivity contribution in [3.05, 3.63) is 28.2 Å². The molecule has 0 bridgehead atoms. The summed E-state index contributed by atoms with van der Waals surface area (Å²) in [5.74, 6) is -0.0698. The lowest BCUT2D eigenvalue weighted by atomic mass is 10.0. The lowest BCUT2D eigenvalue weighted by molar-refractivity contribution is -0.201. The fourth-order valence-electron chi connectivity index (χ4n) is 2.08. The first-order chi connectivity index (χ1) is 8.47. The van der Waals surface area contributed by atoms with Crippen molar-refractivity contribution < 1.29 is 14.2 Å². The molecule has 0 radical (unpaired) electrons. The molecule has 1 heterocycles. The van der Waals surface area contributed by atoms with Gasteiger partial charge in [0, 0.05) is 19.1 Å². The third kappa shape index (κ3) is 2.26. The normalized spacial score (nSPS) is 26.3. The topological polar surface area (TPSA) is 27.7 Å².